The lowest BCUT2D eigenvalue weighted by Crippen LogP contribution is -2.27. The maximum Gasteiger partial charge on any atom is 0.264 e. The SMILES string of the molecule is CN(Cc1ccncc1)C(=O)/C(C#N)=C/c1ccc(O)cc1. The quantitative estimate of drug-likeness (QED) is 0.693. The van der Waals surface area contributed by atoms with E-state index in [-0.39, 0.29) is 17.2 Å². The molecule has 1 N–H and O–H groups in total. The summed E-state index contributed by atoms with van der Waals surface area (Å²) in [4.78, 5) is 17.7. The van der Waals surface area contributed by atoms with Crippen molar-refractivity contribution in [2.45, 2.75) is 6.54 Å². The molecule has 22 heavy (non-hydrogen) atoms. The third kappa shape index (κ3) is 3.93. The first-order chi connectivity index (χ1) is 10.6. The molecule has 0 saturated carbocycles. The molecule has 0 aliphatic carbocycles. The lowest BCUT2D eigenvalue weighted by Gasteiger charge is -2.16. The topological polar surface area (TPSA) is 77.2 Å². The van der Waals surface area contributed by atoms with Gasteiger partial charge in [-0.15, -0.1) is 0 Å². The number of pyridine rings is 1. The van der Waals surface area contributed by atoms with Crippen molar-refractivity contribution in [3.63, 3.8) is 0 Å². The van der Waals surface area contributed by atoms with E-state index in [9.17, 15) is 15.2 Å². The Hall–Kier alpha value is -3.13. The molecule has 0 unspecified atom stereocenters. The predicted molar refractivity (Wildman–Crippen MR) is 82.4 cm³/mol. The lowest BCUT2D eigenvalue weighted by atomic mass is 10.1. The number of nitriles is 1. The minimum absolute atomic E-state index is 0.0437. The van der Waals surface area contributed by atoms with Gasteiger partial charge in [0.2, 0.25) is 0 Å². The Morgan fingerprint density at radius 2 is 1.91 bits per heavy atom. The molecule has 1 amide bonds. The van der Waals surface area contributed by atoms with Gasteiger partial charge in [-0.05, 0) is 41.5 Å². The predicted octanol–water partition coefficient (Wildman–Crippen LogP) is 2.35. The number of carbonyl (C=O) groups is 1. The number of hydrogen-bond donors (Lipinski definition) is 1. The number of amides is 1. The molecule has 0 spiro atoms. The molecular formula is C17H15N3O2. The van der Waals surface area contributed by atoms with Crippen LogP contribution in [0.1, 0.15) is 11.1 Å². The van der Waals surface area contributed by atoms with E-state index in [0.717, 1.165) is 5.56 Å². The Morgan fingerprint density at radius 1 is 1.27 bits per heavy atom. The van der Waals surface area contributed by atoms with Crippen LogP contribution in [0.5, 0.6) is 5.75 Å². The van der Waals surface area contributed by atoms with Gasteiger partial charge in [-0.1, -0.05) is 12.1 Å². The molecule has 5 nitrogen and oxygen atoms in total. The van der Waals surface area contributed by atoms with Crippen LogP contribution < -0.4 is 0 Å². The van der Waals surface area contributed by atoms with Gasteiger partial charge in [-0.2, -0.15) is 5.26 Å². The van der Waals surface area contributed by atoms with E-state index in [2.05, 4.69) is 4.98 Å². The summed E-state index contributed by atoms with van der Waals surface area (Å²) in [6.45, 7) is 0.399. The monoisotopic (exact) mass is 293 g/mol. The summed E-state index contributed by atoms with van der Waals surface area (Å²) in [7, 11) is 1.64. The second-order valence-electron chi connectivity index (χ2n) is 4.78. The number of rotatable bonds is 4. The van der Waals surface area contributed by atoms with Gasteiger partial charge in [0.25, 0.3) is 5.91 Å². The highest BCUT2D eigenvalue weighted by Gasteiger charge is 2.14. The molecule has 0 aliphatic rings. The highest BCUT2D eigenvalue weighted by Crippen LogP contribution is 2.14. The van der Waals surface area contributed by atoms with Gasteiger partial charge in [0, 0.05) is 26.0 Å². The number of benzene rings is 1. The van der Waals surface area contributed by atoms with Crippen LogP contribution >= 0.6 is 0 Å². The Morgan fingerprint density at radius 3 is 2.50 bits per heavy atom. The number of hydrogen-bond acceptors (Lipinski definition) is 4. The molecule has 5 heteroatoms. The fraction of sp³-hybridized carbons (Fsp3) is 0.118. The van der Waals surface area contributed by atoms with Crippen LogP contribution in [-0.2, 0) is 11.3 Å². The van der Waals surface area contributed by atoms with Crippen molar-refractivity contribution in [2.75, 3.05) is 7.05 Å². The maximum absolute atomic E-state index is 12.3. The van der Waals surface area contributed by atoms with Gasteiger partial charge < -0.3 is 10.0 Å². The van der Waals surface area contributed by atoms with Crippen molar-refractivity contribution in [3.05, 3.63) is 65.5 Å². The standard InChI is InChI=1S/C17H15N3O2/c1-20(12-14-6-8-19-9-7-14)17(22)15(11-18)10-13-2-4-16(21)5-3-13/h2-10,21H,12H2,1H3/b15-10+. The highest BCUT2D eigenvalue weighted by molar-refractivity contribution is 6.01. The van der Waals surface area contributed by atoms with E-state index < -0.39 is 0 Å². The van der Waals surface area contributed by atoms with Crippen molar-refractivity contribution in [2.24, 2.45) is 0 Å². The summed E-state index contributed by atoms with van der Waals surface area (Å²) < 4.78 is 0. The Bertz CT molecular complexity index is 716. The van der Waals surface area contributed by atoms with Crippen LogP contribution in [-0.4, -0.2) is 27.9 Å². The molecule has 2 aromatic rings. The second-order valence-corrected chi connectivity index (χ2v) is 4.78. The Kier molecular flexibility index (Phi) is 4.89. The second kappa shape index (κ2) is 7.04. The van der Waals surface area contributed by atoms with Gasteiger partial charge in [0.1, 0.15) is 17.4 Å². The van der Waals surface area contributed by atoms with E-state index in [1.807, 2.05) is 18.2 Å². The first-order valence-corrected chi connectivity index (χ1v) is 6.65. The Labute approximate surface area is 128 Å². The van der Waals surface area contributed by atoms with Gasteiger partial charge in [0.05, 0.1) is 0 Å². The zero-order valence-corrected chi connectivity index (χ0v) is 12.1. The average Bonchev–Trinajstić information content (AvgIpc) is 2.54. The van der Waals surface area contributed by atoms with Crippen molar-refractivity contribution in [3.8, 4) is 11.8 Å². The van der Waals surface area contributed by atoms with Crippen LogP contribution in [0.3, 0.4) is 0 Å². The summed E-state index contributed by atoms with van der Waals surface area (Å²) in [6.07, 6.45) is 4.82. The highest BCUT2D eigenvalue weighted by atomic mass is 16.3. The number of phenolic OH excluding ortho intramolecular Hbond substituents is 1. The smallest absolute Gasteiger partial charge is 0.264 e. The van der Waals surface area contributed by atoms with Crippen molar-refractivity contribution in [1.29, 1.82) is 5.26 Å². The number of carbonyl (C=O) groups excluding carboxylic acids is 1. The third-order valence-electron chi connectivity index (χ3n) is 3.07. The van der Waals surface area contributed by atoms with Gasteiger partial charge >= 0.3 is 0 Å². The minimum Gasteiger partial charge on any atom is -0.508 e. The summed E-state index contributed by atoms with van der Waals surface area (Å²) in [5.74, 6) is -0.218. The third-order valence-corrected chi connectivity index (χ3v) is 3.07. The molecule has 0 bridgehead atoms. The number of nitrogens with zero attached hydrogens (tertiary/aromatic N) is 3. The molecule has 0 atom stereocenters. The van der Waals surface area contributed by atoms with Gasteiger partial charge in [0.15, 0.2) is 0 Å². The van der Waals surface area contributed by atoms with Crippen molar-refractivity contribution >= 4 is 12.0 Å². The van der Waals surface area contributed by atoms with Gasteiger partial charge in [-0.25, -0.2) is 0 Å². The van der Waals surface area contributed by atoms with Crippen molar-refractivity contribution < 1.29 is 9.90 Å². The maximum atomic E-state index is 12.3. The number of aromatic hydroxyl groups is 1. The van der Waals surface area contributed by atoms with Crippen LogP contribution in [0, 0.1) is 11.3 Å². The minimum atomic E-state index is -0.354. The van der Waals surface area contributed by atoms with E-state index in [0.29, 0.717) is 12.1 Å². The molecule has 0 aliphatic heterocycles. The Balaban J connectivity index is 2.14. The molecule has 110 valence electrons. The molecular weight excluding hydrogens is 278 g/mol. The molecule has 1 aromatic heterocycles. The van der Waals surface area contributed by atoms with Crippen LogP contribution in [0.25, 0.3) is 6.08 Å². The number of phenols is 1. The van der Waals surface area contributed by atoms with Crippen LogP contribution in [0.2, 0.25) is 0 Å². The molecule has 0 fully saturated rings. The van der Waals surface area contributed by atoms with E-state index in [1.54, 1.807) is 31.6 Å². The van der Waals surface area contributed by atoms with Crippen LogP contribution in [0.4, 0.5) is 0 Å². The summed E-state index contributed by atoms with van der Waals surface area (Å²) in [6, 6.07) is 11.9. The molecule has 0 saturated heterocycles. The van der Waals surface area contributed by atoms with Gasteiger partial charge in [-0.3, -0.25) is 9.78 Å². The normalized spacial score (nSPS) is 10.8. The molecule has 1 heterocycles. The number of aromatic nitrogens is 1. The molecule has 0 radical (unpaired) electrons. The van der Waals surface area contributed by atoms with E-state index in [1.165, 1.54) is 23.1 Å². The number of likely N-dealkylation sites (N-methyl/N-ethyl adjacent to an activating group) is 1. The average molecular weight is 293 g/mol. The zero-order valence-electron chi connectivity index (χ0n) is 12.1. The van der Waals surface area contributed by atoms with E-state index >= 15 is 0 Å². The fourth-order valence-electron chi connectivity index (χ4n) is 1.92. The summed E-state index contributed by atoms with van der Waals surface area (Å²) in [5, 5.41) is 18.4. The molecule has 2 rings (SSSR count). The fourth-order valence-corrected chi connectivity index (χ4v) is 1.92. The summed E-state index contributed by atoms with van der Waals surface area (Å²) in [5.41, 5.74) is 1.66. The first-order valence-electron chi connectivity index (χ1n) is 6.65. The first kappa shape index (κ1) is 15.3. The molecule has 1 aromatic carbocycles. The van der Waals surface area contributed by atoms with E-state index in [4.69, 9.17) is 0 Å². The zero-order chi connectivity index (χ0) is 15.9. The summed E-state index contributed by atoms with van der Waals surface area (Å²) >= 11 is 0. The van der Waals surface area contributed by atoms with Crippen LogP contribution in [0.15, 0.2) is 54.4 Å². The largest absolute Gasteiger partial charge is 0.508 e. The van der Waals surface area contributed by atoms with Crippen molar-refractivity contribution in [1.82, 2.24) is 9.88 Å². The lowest BCUT2D eigenvalue weighted by molar-refractivity contribution is -0.125.